The van der Waals surface area contributed by atoms with Gasteiger partial charge in [-0.1, -0.05) is 6.07 Å². The second kappa shape index (κ2) is 8.57. The average molecular weight is 370 g/mol. The van der Waals surface area contributed by atoms with Gasteiger partial charge in [0.2, 0.25) is 0 Å². The summed E-state index contributed by atoms with van der Waals surface area (Å²) >= 11 is 0. The zero-order chi connectivity index (χ0) is 19.4. The molecule has 0 aliphatic carbocycles. The Balaban J connectivity index is 1.70. The lowest BCUT2D eigenvalue weighted by atomic mass is 9.95. The summed E-state index contributed by atoms with van der Waals surface area (Å²) in [6.45, 7) is 5.22. The second-order valence-electron chi connectivity index (χ2n) is 7.68. The fraction of sp³-hybridized carbons (Fsp3) is 0.524. The van der Waals surface area contributed by atoms with Gasteiger partial charge in [0, 0.05) is 49.1 Å². The smallest absolute Gasteiger partial charge is 0.254 e. The van der Waals surface area contributed by atoms with Crippen molar-refractivity contribution >= 4 is 5.91 Å². The molecule has 0 spiro atoms. The van der Waals surface area contributed by atoms with Crippen molar-refractivity contribution in [3.05, 3.63) is 47.5 Å². The summed E-state index contributed by atoms with van der Waals surface area (Å²) in [6.07, 6.45) is 7.01. The maximum atomic E-state index is 13.0. The number of rotatable bonds is 6. The van der Waals surface area contributed by atoms with Crippen LogP contribution in [0.2, 0.25) is 0 Å². The number of piperidine rings is 1. The highest BCUT2D eigenvalue weighted by Crippen LogP contribution is 2.28. The molecule has 1 N–H and O–H groups in total. The number of phenols is 1. The van der Waals surface area contributed by atoms with Crippen LogP contribution in [-0.4, -0.2) is 64.1 Å². The Kier molecular flexibility index (Phi) is 6.16. The summed E-state index contributed by atoms with van der Waals surface area (Å²) in [5.41, 5.74) is 1.24. The van der Waals surface area contributed by atoms with Crippen LogP contribution in [0, 0.1) is 6.92 Å². The third kappa shape index (κ3) is 4.50. The number of benzene rings is 1. The zero-order valence-corrected chi connectivity index (χ0v) is 16.6. The van der Waals surface area contributed by atoms with Gasteiger partial charge in [0.15, 0.2) is 0 Å². The van der Waals surface area contributed by atoms with E-state index in [4.69, 9.17) is 0 Å². The molecular formula is C21H30N4O2. The highest BCUT2D eigenvalue weighted by molar-refractivity contribution is 5.96. The lowest BCUT2D eigenvalue weighted by Gasteiger charge is -2.33. The van der Waals surface area contributed by atoms with Crippen LogP contribution in [0.25, 0.3) is 0 Å². The van der Waals surface area contributed by atoms with Crippen molar-refractivity contribution in [2.75, 3.05) is 33.7 Å². The summed E-state index contributed by atoms with van der Waals surface area (Å²) in [5.74, 6) is 1.51. The van der Waals surface area contributed by atoms with Crippen LogP contribution >= 0.6 is 0 Å². The number of hydrogen-bond donors (Lipinski definition) is 1. The number of aryl methyl sites for hydroxylation is 1. The first kappa shape index (κ1) is 19.4. The van der Waals surface area contributed by atoms with Crippen LogP contribution in [0.3, 0.4) is 0 Å². The molecule has 0 saturated carbocycles. The van der Waals surface area contributed by atoms with Gasteiger partial charge < -0.3 is 19.5 Å². The van der Waals surface area contributed by atoms with Crippen molar-refractivity contribution in [3.8, 4) is 5.75 Å². The largest absolute Gasteiger partial charge is 0.508 e. The Bertz CT molecular complexity index is 784. The van der Waals surface area contributed by atoms with Gasteiger partial charge in [-0.05, 0) is 59.0 Å². The van der Waals surface area contributed by atoms with Crippen LogP contribution in [-0.2, 0) is 6.54 Å². The first-order valence-electron chi connectivity index (χ1n) is 9.71. The van der Waals surface area contributed by atoms with Crippen molar-refractivity contribution in [1.29, 1.82) is 0 Å². The van der Waals surface area contributed by atoms with Crippen LogP contribution in [0.1, 0.15) is 46.9 Å². The SMILES string of the molecule is Cc1c(O)cccc1C(=O)N1CCCC(c2nccn2CCCN(C)C)C1. The molecule has 1 aromatic carbocycles. The van der Waals surface area contributed by atoms with E-state index in [9.17, 15) is 9.90 Å². The molecule has 1 aliphatic heterocycles. The lowest BCUT2D eigenvalue weighted by Crippen LogP contribution is -2.40. The molecule has 1 aliphatic rings. The predicted molar refractivity (Wildman–Crippen MR) is 106 cm³/mol. The number of amides is 1. The van der Waals surface area contributed by atoms with Crippen molar-refractivity contribution in [2.45, 2.75) is 38.6 Å². The fourth-order valence-corrected chi connectivity index (χ4v) is 3.82. The maximum absolute atomic E-state index is 13.0. The van der Waals surface area contributed by atoms with Crippen LogP contribution < -0.4 is 0 Å². The normalized spacial score (nSPS) is 17.5. The Hall–Kier alpha value is -2.34. The molecule has 27 heavy (non-hydrogen) atoms. The fourth-order valence-electron chi connectivity index (χ4n) is 3.82. The molecule has 6 heteroatoms. The third-order valence-electron chi connectivity index (χ3n) is 5.36. The molecular weight excluding hydrogens is 340 g/mol. The number of hydrogen-bond acceptors (Lipinski definition) is 4. The van der Waals surface area contributed by atoms with Crippen molar-refractivity contribution in [1.82, 2.24) is 19.4 Å². The summed E-state index contributed by atoms with van der Waals surface area (Å²) in [6, 6.07) is 5.15. The predicted octanol–water partition coefficient (Wildman–Crippen LogP) is 2.87. The maximum Gasteiger partial charge on any atom is 0.254 e. The zero-order valence-electron chi connectivity index (χ0n) is 16.6. The van der Waals surface area contributed by atoms with Crippen LogP contribution in [0.4, 0.5) is 0 Å². The number of aromatic hydroxyl groups is 1. The summed E-state index contributed by atoms with van der Waals surface area (Å²) in [7, 11) is 4.17. The van der Waals surface area contributed by atoms with Crippen LogP contribution in [0.5, 0.6) is 5.75 Å². The van der Waals surface area contributed by atoms with E-state index in [2.05, 4.69) is 28.5 Å². The molecule has 2 aromatic rings. The van der Waals surface area contributed by atoms with Gasteiger partial charge in [0.1, 0.15) is 11.6 Å². The highest BCUT2D eigenvalue weighted by atomic mass is 16.3. The molecule has 1 amide bonds. The first-order valence-corrected chi connectivity index (χ1v) is 9.71. The molecule has 2 heterocycles. The number of imidazole rings is 1. The topological polar surface area (TPSA) is 61.6 Å². The van der Waals surface area contributed by atoms with E-state index >= 15 is 0 Å². The second-order valence-corrected chi connectivity index (χ2v) is 7.68. The lowest BCUT2D eigenvalue weighted by molar-refractivity contribution is 0.0702. The summed E-state index contributed by atoms with van der Waals surface area (Å²) in [4.78, 5) is 21.7. The Morgan fingerprint density at radius 1 is 1.37 bits per heavy atom. The van der Waals surface area contributed by atoms with E-state index in [-0.39, 0.29) is 17.6 Å². The number of aromatic nitrogens is 2. The molecule has 0 radical (unpaired) electrons. The summed E-state index contributed by atoms with van der Waals surface area (Å²) < 4.78 is 2.24. The molecule has 3 rings (SSSR count). The number of carbonyl (C=O) groups is 1. The monoisotopic (exact) mass is 370 g/mol. The minimum absolute atomic E-state index is 0.00110. The number of phenolic OH excluding ortho intramolecular Hbond substituents is 1. The molecule has 6 nitrogen and oxygen atoms in total. The first-order chi connectivity index (χ1) is 13.0. The number of likely N-dealkylation sites (tertiary alicyclic amines) is 1. The molecule has 1 fully saturated rings. The highest BCUT2D eigenvalue weighted by Gasteiger charge is 2.28. The van der Waals surface area contributed by atoms with Gasteiger partial charge in [-0.15, -0.1) is 0 Å². The molecule has 1 saturated heterocycles. The standard InChI is InChI=1S/C21H30N4O2/c1-16-18(8-4-9-19(16)26)21(27)25-12-5-7-17(15-25)20-22-10-14-24(20)13-6-11-23(2)3/h4,8-10,14,17,26H,5-7,11-13,15H2,1-3H3. The van der Waals surface area contributed by atoms with E-state index in [0.717, 1.165) is 44.7 Å². The van der Waals surface area contributed by atoms with Crippen LogP contribution in [0.15, 0.2) is 30.6 Å². The third-order valence-corrected chi connectivity index (χ3v) is 5.36. The molecule has 1 atom stereocenters. The van der Waals surface area contributed by atoms with E-state index in [1.807, 2.05) is 17.3 Å². The van der Waals surface area contributed by atoms with Crippen molar-refractivity contribution in [2.24, 2.45) is 0 Å². The minimum atomic E-state index is -0.00110. The molecule has 1 aromatic heterocycles. The van der Waals surface area contributed by atoms with Gasteiger partial charge in [0.05, 0.1) is 0 Å². The Morgan fingerprint density at radius 2 is 2.19 bits per heavy atom. The summed E-state index contributed by atoms with van der Waals surface area (Å²) in [5, 5.41) is 9.92. The molecule has 1 unspecified atom stereocenters. The van der Waals surface area contributed by atoms with Crippen molar-refractivity contribution < 1.29 is 9.90 Å². The average Bonchev–Trinajstić information content (AvgIpc) is 3.12. The minimum Gasteiger partial charge on any atom is -0.508 e. The van der Waals surface area contributed by atoms with Gasteiger partial charge >= 0.3 is 0 Å². The molecule has 0 bridgehead atoms. The van der Waals surface area contributed by atoms with Gasteiger partial charge in [0.25, 0.3) is 5.91 Å². The van der Waals surface area contributed by atoms with Gasteiger partial charge in [-0.3, -0.25) is 4.79 Å². The molecule has 146 valence electrons. The van der Waals surface area contributed by atoms with Gasteiger partial charge in [-0.25, -0.2) is 4.98 Å². The van der Waals surface area contributed by atoms with Gasteiger partial charge in [-0.2, -0.15) is 0 Å². The van der Waals surface area contributed by atoms with E-state index in [0.29, 0.717) is 17.7 Å². The van der Waals surface area contributed by atoms with E-state index in [1.54, 1.807) is 25.1 Å². The number of nitrogens with zero attached hydrogens (tertiary/aromatic N) is 4. The Labute approximate surface area is 161 Å². The van der Waals surface area contributed by atoms with E-state index in [1.165, 1.54) is 0 Å². The van der Waals surface area contributed by atoms with E-state index < -0.39 is 0 Å². The Morgan fingerprint density at radius 3 is 2.96 bits per heavy atom. The quantitative estimate of drug-likeness (QED) is 0.849. The number of carbonyl (C=O) groups excluding carboxylic acids is 1. The van der Waals surface area contributed by atoms with Crippen molar-refractivity contribution in [3.63, 3.8) is 0 Å².